The van der Waals surface area contributed by atoms with E-state index in [0.717, 1.165) is 30.4 Å². The number of carbonyl (C=O) groups is 2. The van der Waals surface area contributed by atoms with Gasteiger partial charge in [0.25, 0.3) is 11.8 Å². The predicted molar refractivity (Wildman–Crippen MR) is 103 cm³/mol. The Bertz CT molecular complexity index is 924. The third kappa shape index (κ3) is 3.65. The van der Waals surface area contributed by atoms with Gasteiger partial charge in [0, 0.05) is 19.1 Å². The number of pyridine rings is 1. The number of nitrogens with one attached hydrogen (secondary N) is 1. The van der Waals surface area contributed by atoms with E-state index in [2.05, 4.69) is 10.3 Å². The zero-order chi connectivity index (χ0) is 19.7. The van der Waals surface area contributed by atoms with Crippen LogP contribution in [0.4, 0.5) is 0 Å². The fourth-order valence-electron chi connectivity index (χ4n) is 3.39. The molecule has 1 aromatic heterocycles. The molecule has 1 saturated carbocycles. The van der Waals surface area contributed by atoms with Gasteiger partial charge in [0.15, 0.2) is 11.5 Å². The van der Waals surface area contributed by atoms with E-state index in [0.29, 0.717) is 24.6 Å². The van der Waals surface area contributed by atoms with Crippen LogP contribution in [-0.4, -0.2) is 48.5 Å². The molecular weight excluding hydrogens is 358 g/mol. The summed E-state index contributed by atoms with van der Waals surface area (Å²) in [6.07, 6.45) is 2.74. The summed E-state index contributed by atoms with van der Waals surface area (Å²) in [7, 11) is 3.21. The number of fused-ring (bicyclic) bond motifs is 1. The van der Waals surface area contributed by atoms with Crippen LogP contribution in [0.3, 0.4) is 0 Å². The zero-order valence-electron chi connectivity index (χ0n) is 16.0. The Labute approximate surface area is 163 Å². The van der Waals surface area contributed by atoms with Crippen LogP contribution in [0.1, 0.15) is 44.9 Å². The lowest BCUT2D eigenvalue weighted by molar-refractivity contribution is 0.0728. The van der Waals surface area contributed by atoms with Crippen LogP contribution in [-0.2, 0) is 13.0 Å². The zero-order valence-corrected chi connectivity index (χ0v) is 16.0. The van der Waals surface area contributed by atoms with Crippen molar-refractivity contribution < 1.29 is 19.1 Å². The van der Waals surface area contributed by atoms with Crippen molar-refractivity contribution in [3.63, 3.8) is 0 Å². The second-order valence-corrected chi connectivity index (χ2v) is 7.11. The molecule has 28 heavy (non-hydrogen) atoms. The van der Waals surface area contributed by atoms with Crippen LogP contribution in [0.15, 0.2) is 30.3 Å². The number of amides is 2. The molecule has 1 aliphatic carbocycles. The Morgan fingerprint density at radius 2 is 1.75 bits per heavy atom. The Balaban J connectivity index is 1.52. The lowest BCUT2D eigenvalue weighted by atomic mass is 9.98. The molecular formula is C21H23N3O4. The highest BCUT2D eigenvalue weighted by molar-refractivity contribution is 5.96. The maximum Gasteiger partial charge on any atom is 0.272 e. The van der Waals surface area contributed by atoms with Crippen LogP contribution < -0.4 is 14.8 Å². The predicted octanol–water partition coefficient (Wildman–Crippen LogP) is 2.19. The van der Waals surface area contributed by atoms with E-state index < -0.39 is 0 Å². The van der Waals surface area contributed by atoms with Gasteiger partial charge in [-0.1, -0.05) is 6.07 Å². The third-order valence-corrected chi connectivity index (χ3v) is 5.12. The Morgan fingerprint density at radius 1 is 1.07 bits per heavy atom. The topological polar surface area (TPSA) is 80.8 Å². The van der Waals surface area contributed by atoms with Gasteiger partial charge >= 0.3 is 0 Å². The smallest absolute Gasteiger partial charge is 0.272 e. The Kier molecular flexibility index (Phi) is 4.90. The van der Waals surface area contributed by atoms with Gasteiger partial charge < -0.3 is 19.7 Å². The summed E-state index contributed by atoms with van der Waals surface area (Å²) in [5.74, 6) is 0.934. The number of methoxy groups -OCH3 is 2. The summed E-state index contributed by atoms with van der Waals surface area (Å²) in [5, 5.41) is 2.90. The summed E-state index contributed by atoms with van der Waals surface area (Å²) >= 11 is 0. The van der Waals surface area contributed by atoms with Crippen molar-refractivity contribution in [3.05, 3.63) is 52.8 Å². The van der Waals surface area contributed by atoms with E-state index in [-0.39, 0.29) is 29.2 Å². The molecule has 1 N–H and O–H groups in total. The van der Waals surface area contributed by atoms with E-state index in [9.17, 15) is 9.59 Å². The van der Waals surface area contributed by atoms with Gasteiger partial charge in [-0.15, -0.1) is 0 Å². The summed E-state index contributed by atoms with van der Waals surface area (Å²) in [4.78, 5) is 31.2. The highest BCUT2D eigenvalue weighted by atomic mass is 16.5. The van der Waals surface area contributed by atoms with Gasteiger partial charge in [-0.05, 0) is 54.7 Å². The molecule has 7 nitrogen and oxygen atoms in total. The number of benzene rings is 1. The van der Waals surface area contributed by atoms with E-state index in [4.69, 9.17) is 9.47 Å². The first-order valence-electron chi connectivity index (χ1n) is 9.40. The molecule has 2 heterocycles. The first kappa shape index (κ1) is 18.3. The minimum atomic E-state index is -0.224. The molecule has 1 fully saturated rings. The number of nitrogens with zero attached hydrogens (tertiary/aromatic N) is 2. The lowest BCUT2D eigenvalue weighted by Crippen LogP contribution is -2.36. The van der Waals surface area contributed by atoms with E-state index in [1.807, 2.05) is 12.1 Å². The monoisotopic (exact) mass is 381 g/mol. The van der Waals surface area contributed by atoms with Crippen molar-refractivity contribution in [1.29, 1.82) is 0 Å². The first-order chi connectivity index (χ1) is 13.6. The molecule has 4 rings (SSSR count). The fourth-order valence-corrected chi connectivity index (χ4v) is 3.39. The Morgan fingerprint density at radius 3 is 2.43 bits per heavy atom. The summed E-state index contributed by atoms with van der Waals surface area (Å²) in [6.45, 7) is 1.05. The number of hydrogen-bond donors (Lipinski definition) is 1. The molecule has 2 amide bonds. The van der Waals surface area contributed by atoms with Gasteiger partial charge in [0.05, 0.1) is 14.2 Å². The maximum absolute atomic E-state index is 13.0. The average molecular weight is 381 g/mol. The van der Waals surface area contributed by atoms with E-state index in [1.54, 1.807) is 37.3 Å². The first-order valence-corrected chi connectivity index (χ1v) is 9.40. The summed E-state index contributed by atoms with van der Waals surface area (Å²) in [6, 6.07) is 9.13. The minimum Gasteiger partial charge on any atom is -0.493 e. The van der Waals surface area contributed by atoms with Gasteiger partial charge in [-0.2, -0.15) is 0 Å². The molecule has 7 heteroatoms. The van der Waals surface area contributed by atoms with Crippen LogP contribution in [0, 0.1) is 0 Å². The normalized spacial score (nSPS) is 15.6. The third-order valence-electron chi connectivity index (χ3n) is 5.12. The number of hydrogen-bond acceptors (Lipinski definition) is 5. The van der Waals surface area contributed by atoms with E-state index >= 15 is 0 Å². The molecule has 0 atom stereocenters. The highest BCUT2D eigenvalue weighted by Crippen LogP contribution is 2.33. The molecule has 1 aliphatic heterocycles. The number of rotatable bonds is 5. The van der Waals surface area contributed by atoms with Crippen LogP contribution >= 0.6 is 0 Å². The average Bonchev–Trinajstić information content (AvgIpc) is 3.55. The molecule has 0 saturated heterocycles. The molecule has 1 aromatic carbocycles. The summed E-state index contributed by atoms with van der Waals surface area (Å²) in [5.41, 5.74) is 2.74. The van der Waals surface area contributed by atoms with Crippen molar-refractivity contribution in [2.24, 2.45) is 0 Å². The largest absolute Gasteiger partial charge is 0.493 e. The van der Waals surface area contributed by atoms with Crippen LogP contribution in [0.2, 0.25) is 0 Å². The molecule has 146 valence electrons. The lowest BCUT2D eigenvalue weighted by Gasteiger charge is -2.29. The molecule has 0 spiro atoms. The SMILES string of the molecule is COc1cc2c(cc1OC)CN(C(=O)c1cccc(C(=O)NC3CC3)n1)CC2. The summed E-state index contributed by atoms with van der Waals surface area (Å²) < 4.78 is 10.7. The molecule has 0 radical (unpaired) electrons. The highest BCUT2D eigenvalue weighted by Gasteiger charge is 2.27. The number of ether oxygens (including phenoxy) is 2. The molecule has 2 aliphatic rings. The molecule has 0 bridgehead atoms. The molecule has 0 unspecified atom stereocenters. The van der Waals surface area contributed by atoms with Gasteiger partial charge in [0.2, 0.25) is 0 Å². The Hall–Kier alpha value is -3.09. The van der Waals surface area contributed by atoms with Crippen LogP contribution in [0.25, 0.3) is 0 Å². The second kappa shape index (κ2) is 7.50. The van der Waals surface area contributed by atoms with Gasteiger partial charge in [-0.3, -0.25) is 9.59 Å². The fraction of sp³-hybridized carbons (Fsp3) is 0.381. The van der Waals surface area contributed by atoms with Crippen molar-refractivity contribution in [1.82, 2.24) is 15.2 Å². The van der Waals surface area contributed by atoms with Crippen molar-refractivity contribution in [3.8, 4) is 11.5 Å². The minimum absolute atomic E-state index is 0.179. The van der Waals surface area contributed by atoms with E-state index in [1.165, 1.54) is 0 Å². The maximum atomic E-state index is 13.0. The second-order valence-electron chi connectivity index (χ2n) is 7.11. The standard InChI is InChI=1S/C21H23N3O4/c1-27-18-10-13-8-9-24(12-14(13)11-19(18)28-2)21(26)17-5-3-4-16(23-17)20(25)22-15-6-7-15/h3-5,10-11,15H,6-9,12H2,1-2H3,(H,22,25). The quantitative estimate of drug-likeness (QED) is 0.859. The molecule has 2 aromatic rings. The number of carbonyl (C=O) groups excluding carboxylic acids is 2. The van der Waals surface area contributed by atoms with Crippen molar-refractivity contribution >= 4 is 11.8 Å². The van der Waals surface area contributed by atoms with Gasteiger partial charge in [0.1, 0.15) is 11.4 Å². The van der Waals surface area contributed by atoms with Crippen LogP contribution in [0.5, 0.6) is 11.5 Å². The van der Waals surface area contributed by atoms with Gasteiger partial charge in [-0.25, -0.2) is 4.98 Å². The van der Waals surface area contributed by atoms with Crippen molar-refractivity contribution in [2.45, 2.75) is 31.8 Å². The number of aromatic nitrogens is 1. The van der Waals surface area contributed by atoms with Crippen molar-refractivity contribution in [2.75, 3.05) is 20.8 Å².